The van der Waals surface area contributed by atoms with E-state index in [4.69, 9.17) is 14.2 Å². The van der Waals surface area contributed by atoms with Crippen LogP contribution in [0.3, 0.4) is 0 Å². The summed E-state index contributed by atoms with van der Waals surface area (Å²) < 4.78 is 16.8. The Morgan fingerprint density at radius 1 is 1.10 bits per heavy atom. The molecule has 2 aromatic rings. The maximum atomic E-state index is 13.1. The molecule has 0 fully saturated rings. The van der Waals surface area contributed by atoms with E-state index in [1.165, 1.54) is 6.92 Å². The summed E-state index contributed by atoms with van der Waals surface area (Å²) in [5.74, 6) is 1.02. The third-order valence-corrected chi connectivity index (χ3v) is 5.05. The molecule has 0 aromatic heterocycles. The first kappa shape index (κ1) is 22.6. The molecule has 0 aliphatic carbocycles. The van der Waals surface area contributed by atoms with E-state index in [1.54, 1.807) is 18.1 Å². The maximum Gasteiger partial charge on any atom is 0.308 e. The van der Waals surface area contributed by atoms with Gasteiger partial charge in [-0.1, -0.05) is 39.8 Å². The molecule has 0 unspecified atom stereocenters. The van der Waals surface area contributed by atoms with Crippen molar-refractivity contribution in [3.63, 3.8) is 0 Å². The number of rotatable bonds is 6. The van der Waals surface area contributed by atoms with E-state index in [9.17, 15) is 9.59 Å². The van der Waals surface area contributed by atoms with Crippen molar-refractivity contribution < 1.29 is 23.8 Å². The maximum absolute atomic E-state index is 13.1. The van der Waals surface area contributed by atoms with Crippen LogP contribution in [-0.4, -0.2) is 25.7 Å². The van der Waals surface area contributed by atoms with Crippen molar-refractivity contribution in [2.75, 3.05) is 18.7 Å². The van der Waals surface area contributed by atoms with Gasteiger partial charge in [-0.2, -0.15) is 0 Å². The molecule has 0 spiro atoms. The van der Waals surface area contributed by atoms with Gasteiger partial charge in [0.05, 0.1) is 5.69 Å². The molecule has 2 aromatic carbocycles. The van der Waals surface area contributed by atoms with E-state index < -0.39 is 0 Å². The summed E-state index contributed by atoms with van der Waals surface area (Å²) in [5, 5.41) is 0. The van der Waals surface area contributed by atoms with Crippen LogP contribution in [0.5, 0.6) is 11.5 Å². The molecular formula is C25H29NO5. The second-order valence-electron chi connectivity index (χ2n) is 8.16. The van der Waals surface area contributed by atoms with Crippen molar-refractivity contribution in [2.24, 2.45) is 0 Å². The molecule has 1 aliphatic heterocycles. The lowest BCUT2D eigenvalue weighted by molar-refractivity contribution is -0.132. The molecule has 0 atom stereocenters. The van der Waals surface area contributed by atoms with Gasteiger partial charge >= 0.3 is 5.97 Å². The van der Waals surface area contributed by atoms with Gasteiger partial charge in [0.25, 0.3) is 5.91 Å². The minimum Gasteiger partial charge on any atom is -0.449 e. The molecule has 0 N–H and O–H groups in total. The molecule has 31 heavy (non-hydrogen) atoms. The van der Waals surface area contributed by atoms with Gasteiger partial charge in [0.1, 0.15) is 12.5 Å². The largest absolute Gasteiger partial charge is 0.449 e. The number of nitrogens with zero attached hydrogens (tertiary/aromatic N) is 1. The Hall–Kier alpha value is -3.12. The van der Waals surface area contributed by atoms with Crippen molar-refractivity contribution in [3.05, 3.63) is 58.8 Å². The lowest BCUT2D eigenvalue weighted by atomic mass is 9.91. The van der Waals surface area contributed by atoms with Gasteiger partial charge in [0, 0.05) is 14.0 Å². The molecule has 1 aliphatic rings. The molecule has 0 bridgehead atoms. The SMILES string of the molecule is COCN1C(=O)C(=Cc2cc(C(C)C)c(OC(C)=O)c(C(C)C)c2)Oc2ccccc21. The van der Waals surface area contributed by atoms with Gasteiger partial charge in [0.2, 0.25) is 0 Å². The third kappa shape index (κ3) is 4.80. The Morgan fingerprint density at radius 3 is 2.26 bits per heavy atom. The lowest BCUT2D eigenvalue weighted by Gasteiger charge is -2.29. The van der Waals surface area contributed by atoms with Gasteiger partial charge < -0.3 is 14.2 Å². The number of methoxy groups -OCH3 is 1. The van der Waals surface area contributed by atoms with Crippen LogP contribution in [-0.2, 0) is 14.3 Å². The zero-order valence-corrected chi connectivity index (χ0v) is 18.9. The number of hydrogen-bond acceptors (Lipinski definition) is 5. The average molecular weight is 424 g/mol. The van der Waals surface area contributed by atoms with Gasteiger partial charge in [0.15, 0.2) is 11.5 Å². The molecule has 164 valence electrons. The summed E-state index contributed by atoms with van der Waals surface area (Å²) >= 11 is 0. The summed E-state index contributed by atoms with van der Waals surface area (Å²) in [5.41, 5.74) is 3.29. The van der Waals surface area contributed by atoms with Gasteiger partial charge in [-0.3, -0.25) is 14.5 Å². The number of esters is 1. The number of amides is 1. The minimum atomic E-state index is -0.354. The highest BCUT2D eigenvalue weighted by molar-refractivity contribution is 6.09. The first-order valence-electron chi connectivity index (χ1n) is 10.4. The Balaban J connectivity index is 2.12. The zero-order valence-electron chi connectivity index (χ0n) is 18.9. The normalized spacial score (nSPS) is 14.8. The summed E-state index contributed by atoms with van der Waals surface area (Å²) in [6, 6.07) is 11.2. The minimum absolute atomic E-state index is 0.121. The Morgan fingerprint density at radius 2 is 1.71 bits per heavy atom. The number of anilines is 1. The number of para-hydroxylation sites is 2. The van der Waals surface area contributed by atoms with Crippen LogP contribution >= 0.6 is 0 Å². The van der Waals surface area contributed by atoms with Crippen LogP contribution in [0, 0.1) is 0 Å². The Labute approximate surface area is 183 Å². The topological polar surface area (TPSA) is 65.1 Å². The van der Waals surface area contributed by atoms with Gasteiger partial charge in [-0.15, -0.1) is 0 Å². The van der Waals surface area contributed by atoms with Crippen molar-refractivity contribution in [2.45, 2.75) is 46.5 Å². The average Bonchev–Trinajstić information content (AvgIpc) is 2.71. The molecular weight excluding hydrogens is 394 g/mol. The van der Waals surface area contributed by atoms with Crippen LogP contribution in [0.15, 0.2) is 42.2 Å². The summed E-state index contributed by atoms with van der Waals surface area (Å²) in [4.78, 5) is 26.4. The van der Waals surface area contributed by atoms with E-state index in [-0.39, 0.29) is 36.2 Å². The Kier molecular flexibility index (Phi) is 6.81. The monoisotopic (exact) mass is 423 g/mol. The lowest BCUT2D eigenvalue weighted by Crippen LogP contribution is -2.38. The number of carbonyl (C=O) groups excluding carboxylic acids is 2. The van der Waals surface area contributed by atoms with E-state index in [2.05, 4.69) is 0 Å². The van der Waals surface area contributed by atoms with E-state index in [0.717, 1.165) is 16.7 Å². The predicted molar refractivity (Wildman–Crippen MR) is 120 cm³/mol. The molecule has 6 heteroatoms. The van der Waals surface area contributed by atoms with E-state index in [0.29, 0.717) is 17.2 Å². The smallest absolute Gasteiger partial charge is 0.308 e. The first-order chi connectivity index (χ1) is 14.7. The number of carbonyl (C=O) groups is 2. The van der Waals surface area contributed by atoms with Gasteiger partial charge in [-0.25, -0.2) is 0 Å². The summed E-state index contributed by atoms with van der Waals surface area (Å²) in [7, 11) is 1.55. The fourth-order valence-electron chi connectivity index (χ4n) is 3.57. The second kappa shape index (κ2) is 9.35. The summed E-state index contributed by atoms with van der Waals surface area (Å²) in [6.45, 7) is 9.70. The van der Waals surface area contributed by atoms with Crippen LogP contribution in [0.1, 0.15) is 63.1 Å². The number of fused-ring (bicyclic) bond motifs is 1. The second-order valence-corrected chi connectivity index (χ2v) is 8.16. The van der Waals surface area contributed by atoms with Crippen molar-refractivity contribution in [1.29, 1.82) is 0 Å². The molecule has 1 heterocycles. The molecule has 0 radical (unpaired) electrons. The van der Waals surface area contributed by atoms with Crippen LogP contribution in [0.4, 0.5) is 5.69 Å². The Bertz CT molecular complexity index is 993. The predicted octanol–water partition coefficient (Wildman–Crippen LogP) is 5.23. The summed E-state index contributed by atoms with van der Waals surface area (Å²) in [6.07, 6.45) is 1.73. The molecule has 3 rings (SSSR count). The molecule has 6 nitrogen and oxygen atoms in total. The fourth-order valence-corrected chi connectivity index (χ4v) is 3.57. The first-order valence-corrected chi connectivity index (χ1v) is 10.4. The van der Waals surface area contributed by atoms with E-state index in [1.807, 2.05) is 64.1 Å². The van der Waals surface area contributed by atoms with E-state index >= 15 is 0 Å². The van der Waals surface area contributed by atoms with Crippen LogP contribution in [0.2, 0.25) is 0 Å². The van der Waals surface area contributed by atoms with Gasteiger partial charge in [-0.05, 0) is 58.9 Å². The fraction of sp³-hybridized carbons (Fsp3) is 0.360. The van der Waals surface area contributed by atoms with Crippen molar-refractivity contribution in [1.82, 2.24) is 0 Å². The number of benzene rings is 2. The zero-order chi connectivity index (χ0) is 22.7. The molecule has 1 amide bonds. The standard InChI is InChI=1S/C25H29NO5/c1-15(2)19-11-18(12-20(16(3)4)24(19)30-17(5)27)13-23-25(28)26(14-29-6)21-9-7-8-10-22(21)31-23/h7-13,15-16H,14H2,1-6H3. The molecule has 0 saturated carbocycles. The highest BCUT2D eigenvalue weighted by atomic mass is 16.5. The number of hydrogen-bond donors (Lipinski definition) is 0. The highest BCUT2D eigenvalue weighted by Gasteiger charge is 2.30. The molecule has 0 saturated heterocycles. The number of ether oxygens (including phenoxy) is 3. The van der Waals surface area contributed by atoms with Crippen LogP contribution in [0.25, 0.3) is 6.08 Å². The van der Waals surface area contributed by atoms with Crippen LogP contribution < -0.4 is 14.4 Å². The van der Waals surface area contributed by atoms with Crippen molar-refractivity contribution >= 4 is 23.6 Å². The van der Waals surface area contributed by atoms with Crippen molar-refractivity contribution in [3.8, 4) is 11.5 Å². The highest BCUT2D eigenvalue weighted by Crippen LogP contribution is 2.38. The third-order valence-electron chi connectivity index (χ3n) is 5.05. The quantitative estimate of drug-likeness (QED) is 0.362.